The Morgan fingerprint density at radius 3 is 2.26 bits per heavy atom. The average molecular weight is 529 g/mol. The van der Waals surface area contributed by atoms with Crippen molar-refractivity contribution in [2.75, 3.05) is 32.8 Å². The number of nitrogens with two attached hydrogens (primary N) is 1. The predicted octanol–water partition coefficient (Wildman–Crippen LogP) is 6.67. The minimum absolute atomic E-state index is 0.258. The zero-order chi connectivity index (χ0) is 26.2. The second kappa shape index (κ2) is 12.9. The van der Waals surface area contributed by atoms with E-state index in [0.29, 0.717) is 13.0 Å². The number of amides is 1. The van der Waals surface area contributed by atoms with Gasteiger partial charge in [0.25, 0.3) is 0 Å². The molecule has 3 aromatic carbocycles. The molecule has 0 atom stereocenters. The highest BCUT2D eigenvalue weighted by atomic mass is 32.1. The SMILES string of the molecule is NC(=O)CCCCOc1ccc(Cc2c(-c3ccc(OCCN4CCCC4)cc3)sc3ccccc23)cc1. The number of likely N-dealkylation sites (tertiary alicyclic amines) is 1. The molecular formula is C32H36N2O3S. The molecular weight excluding hydrogens is 492 g/mol. The van der Waals surface area contributed by atoms with Gasteiger partial charge in [0.05, 0.1) is 6.61 Å². The van der Waals surface area contributed by atoms with Crippen LogP contribution in [0.4, 0.5) is 0 Å². The summed E-state index contributed by atoms with van der Waals surface area (Å²) in [5, 5.41) is 1.31. The fourth-order valence-electron chi connectivity index (χ4n) is 5.01. The van der Waals surface area contributed by atoms with Crippen molar-refractivity contribution in [3.8, 4) is 21.9 Å². The molecule has 0 spiro atoms. The number of ether oxygens (including phenoxy) is 2. The first-order chi connectivity index (χ1) is 18.7. The number of thiophene rings is 1. The van der Waals surface area contributed by atoms with Crippen LogP contribution in [0.5, 0.6) is 11.5 Å². The second-order valence-electron chi connectivity index (χ2n) is 9.92. The van der Waals surface area contributed by atoms with E-state index in [1.165, 1.54) is 57.6 Å². The lowest BCUT2D eigenvalue weighted by Gasteiger charge is -2.15. The zero-order valence-corrected chi connectivity index (χ0v) is 22.7. The van der Waals surface area contributed by atoms with Crippen molar-refractivity contribution in [1.29, 1.82) is 0 Å². The highest BCUT2D eigenvalue weighted by Gasteiger charge is 2.15. The molecule has 1 aromatic heterocycles. The fraction of sp³-hybridized carbons (Fsp3) is 0.344. The van der Waals surface area contributed by atoms with Crippen LogP contribution in [0, 0.1) is 0 Å². The van der Waals surface area contributed by atoms with Gasteiger partial charge in [0, 0.05) is 22.5 Å². The lowest BCUT2D eigenvalue weighted by Crippen LogP contribution is -2.25. The highest BCUT2D eigenvalue weighted by molar-refractivity contribution is 7.22. The van der Waals surface area contributed by atoms with Crippen LogP contribution in [0.2, 0.25) is 0 Å². The van der Waals surface area contributed by atoms with Crippen molar-refractivity contribution in [3.63, 3.8) is 0 Å². The van der Waals surface area contributed by atoms with E-state index in [1.807, 2.05) is 23.5 Å². The third-order valence-electron chi connectivity index (χ3n) is 7.08. The molecule has 0 radical (unpaired) electrons. The highest BCUT2D eigenvalue weighted by Crippen LogP contribution is 2.40. The molecule has 1 aliphatic rings. The van der Waals surface area contributed by atoms with Gasteiger partial charge in [-0.2, -0.15) is 0 Å². The van der Waals surface area contributed by atoms with E-state index in [-0.39, 0.29) is 5.91 Å². The van der Waals surface area contributed by atoms with Crippen LogP contribution in [0.25, 0.3) is 20.5 Å². The Kier molecular flexibility index (Phi) is 8.94. The van der Waals surface area contributed by atoms with Crippen LogP contribution in [0.3, 0.4) is 0 Å². The van der Waals surface area contributed by atoms with Gasteiger partial charge in [-0.05, 0) is 110 Å². The van der Waals surface area contributed by atoms with E-state index in [2.05, 4.69) is 65.6 Å². The maximum Gasteiger partial charge on any atom is 0.217 e. The van der Waals surface area contributed by atoms with E-state index < -0.39 is 0 Å². The Labute approximate surface area is 229 Å². The normalized spacial score (nSPS) is 13.7. The molecule has 0 bridgehead atoms. The van der Waals surface area contributed by atoms with Crippen LogP contribution in [0.15, 0.2) is 72.8 Å². The van der Waals surface area contributed by atoms with Gasteiger partial charge >= 0.3 is 0 Å². The molecule has 0 unspecified atom stereocenters. The predicted molar refractivity (Wildman–Crippen MR) is 156 cm³/mol. The molecule has 2 N–H and O–H groups in total. The van der Waals surface area contributed by atoms with Gasteiger partial charge in [-0.15, -0.1) is 11.3 Å². The summed E-state index contributed by atoms with van der Waals surface area (Å²) in [6.07, 6.45) is 5.46. The molecule has 0 aliphatic carbocycles. The summed E-state index contributed by atoms with van der Waals surface area (Å²) in [6, 6.07) is 25.6. The van der Waals surface area contributed by atoms with Gasteiger partial charge in [-0.1, -0.05) is 30.3 Å². The van der Waals surface area contributed by atoms with E-state index in [1.54, 1.807) is 0 Å². The third-order valence-corrected chi connectivity index (χ3v) is 8.34. The lowest BCUT2D eigenvalue weighted by molar-refractivity contribution is -0.118. The van der Waals surface area contributed by atoms with Crippen molar-refractivity contribution in [2.45, 2.75) is 38.5 Å². The maximum absolute atomic E-state index is 10.9. The van der Waals surface area contributed by atoms with Crippen molar-refractivity contribution >= 4 is 27.3 Å². The number of rotatable bonds is 13. The monoisotopic (exact) mass is 528 g/mol. The summed E-state index contributed by atoms with van der Waals surface area (Å²) in [6.45, 7) is 4.72. The smallest absolute Gasteiger partial charge is 0.217 e. The number of fused-ring (bicyclic) bond motifs is 1. The van der Waals surface area contributed by atoms with E-state index in [4.69, 9.17) is 15.2 Å². The van der Waals surface area contributed by atoms with Gasteiger partial charge in [0.15, 0.2) is 0 Å². The molecule has 1 amide bonds. The molecule has 0 saturated carbocycles. The molecule has 1 fully saturated rings. The Balaban J connectivity index is 1.25. The Bertz CT molecular complexity index is 1330. The molecule has 1 saturated heterocycles. The molecule has 6 heteroatoms. The number of carbonyl (C=O) groups excluding carboxylic acids is 1. The number of unbranched alkanes of at least 4 members (excludes halogenated alkanes) is 1. The van der Waals surface area contributed by atoms with Gasteiger partial charge in [-0.3, -0.25) is 9.69 Å². The van der Waals surface area contributed by atoms with E-state index >= 15 is 0 Å². The molecule has 38 heavy (non-hydrogen) atoms. The summed E-state index contributed by atoms with van der Waals surface area (Å²) < 4.78 is 13.2. The number of carbonyl (C=O) groups is 1. The minimum atomic E-state index is -0.258. The van der Waals surface area contributed by atoms with Crippen molar-refractivity contribution in [3.05, 3.63) is 83.9 Å². The third kappa shape index (κ3) is 6.94. The largest absolute Gasteiger partial charge is 0.494 e. The summed E-state index contributed by atoms with van der Waals surface area (Å²) in [5.41, 5.74) is 9.03. The molecule has 198 valence electrons. The molecule has 1 aliphatic heterocycles. The van der Waals surface area contributed by atoms with Crippen molar-refractivity contribution in [1.82, 2.24) is 4.90 Å². The fourth-order valence-corrected chi connectivity index (χ4v) is 6.23. The molecule has 5 nitrogen and oxygen atoms in total. The van der Waals surface area contributed by atoms with Gasteiger partial charge < -0.3 is 15.2 Å². The molecule has 2 heterocycles. The van der Waals surface area contributed by atoms with Crippen molar-refractivity contribution in [2.24, 2.45) is 5.73 Å². The number of benzene rings is 3. The van der Waals surface area contributed by atoms with Crippen molar-refractivity contribution < 1.29 is 14.3 Å². The van der Waals surface area contributed by atoms with Crippen LogP contribution in [-0.4, -0.2) is 43.7 Å². The van der Waals surface area contributed by atoms with Crippen LogP contribution in [0.1, 0.15) is 43.2 Å². The summed E-state index contributed by atoms with van der Waals surface area (Å²) in [5.74, 6) is 1.52. The lowest BCUT2D eigenvalue weighted by atomic mass is 9.99. The van der Waals surface area contributed by atoms with Crippen LogP contribution in [-0.2, 0) is 11.2 Å². The van der Waals surface area contributed by atoms with Gasteiger partial charge in [0.1, 0.15) is 18.1 Å². The van der Waals surface area contributed by atoms with Crippen LogP contribution >= 0.6 is 11.3 Å². The average Bonchev–Trinajstić information content (AvgIpc) is 3.58. The zero-order valence-electron chi connectivity index (χ0n) is 21.9. The first-order valence-electron chi connectivity index (χ1n) is 13.6. The Hall–Kier alpha value is -3.35. The van der Waals surface area contributed by atoms with Gasteiger partial charge in [-0.25, -0.2) is 0 Å². The standard InChI is InChI=1S/C32H36N2O3S/c33-31(35)9-3-6-21-36-26-14-10-24(11-15-26)23-29-28-7-1-2-8-30(28)38-32(29)25-12-16-27(17-13-25)37-22-20-34-18-4-5-19-34/h1-2,7-8,10-17H,3-6,9,18-23H2,(H2,33,35). The van der Waals surface area contributed by atoms with E-state index in [0.717, 1.165) is 43.9 Å². The van der Waals surface area contributed by atoms with E-state index in [9.17, 15) is 4.79 Å². The van der Waals surface area contributed by atoms with Gasteiger partial charge in [0.2, 0.25) is 5.91 Å². The molecule has 4 aromatic rings. The quantitative estimate of drug-likeness (QED) is 0.197. The van der Waals surface area contributed by atoms with Crippen LogP contribution < -0.4 is 15.2 Å². The second-order valence-corrected chi connectivity index (χ2v) is 11.0. The topological polar surface area (TPSA) is 64.8 Å². The summed E-state index contributed by atoms with van der Waals surface area (Å²) in [4.78, 5) is 14.7. The molecule has 5 rings (SSSR count). The first kappa shape index (κ1) is 26.3. The summed E-state index contributed by atoms with van der Waals surface area (Å²) in [7, 11) is 0. The number of hydrogen-bond acceptors (Lipinski definition) is 5. The Morgan fingerprint density at radius 1 is 0.842 bits per heavy atom. The summed E-state index contributed by atoms with van der Waals surface area (Å²) >= 11 is 1.85. The number of primary amides is 1. The first-order valence-corrected chi connectivity index (χ1v) is 14.4. The Morgan fingerprint density at radius 2 is 1.53 bits per heavy atom. The minimum Gasteiger partial charge on any atom is -0.494 e. The number of hydrogen-bond donors (Lipinski definition) is 1. The maximum atomic E-state index is 10.9. The number of nitrogens with zero attached hydrogens (tertiary/aromatic N) is 1.